The first kappa shape index (κ1) is 12.0. The summed E-state index contributed by atoms with van der Waals surface area (Å²) >= 11 is 0. The Balaban J connectivity index is 2.48. The molecule has 82 valence electrons. The normalized spacial score (nSPS) is 12.4. The second-order valence-electron chi connectivity index (χ2n) is 3.85. The Hall–Kier alpha value is -1.12. The Bertz CT molecular complexity index is 307. The van der Waals surface area contributed by atoms with Crippen LogP contribution in [0.5, 0.6) is 0 Å². The van der Waals surface area contributed by atoms with E-state index >= 15 is 0 Å². The van der Waals surface area contributed by atoms with Crippen molar-refractivity contribution in [3.63, 3.8) is 0 Å². The van der Waals surface area contributed by atoms with E-state index in [1.165, 1.54) is 11.1 Å². The van der Waals surface area contributed by atoms with E-state index in [1.54, 1.807) is 0 Å². The van der Waals surface area contributed by atoms with Crippen LogP contribution in [0.25, 0.3) is 0 Å². The molecule has 0 aliphatic rings. The largest absolute Gasteiger partial charge is 0.271 e. The number of hydrogen-bond acceptors (Lipinski definition) is 2. The molecule has 0 spiro atoms. The Labute approximate surface area is 92.2 Å². The summed E-state index contributed by atoms with van der Waals surface area (Å²) in [5.74, 6) is 5.46. The molecule has 3 N–H and O–H groups in total. The fourth-order valence-electron chi connectivity index (χ4n) is 1.69. The van der Waals surface area contributed by atoms with Gasteiger partial charge in [0.1, 0.15) is 0 Å². The van der Waals surface area contributed by atoms with E-state index in [1.807, 2.05) is 6.08 Å². The van der Waals surface area contributed by atoms with Crippen LogP contribution in [0, 0.1) is 6.92 Å². The molecule has 2 nitrogen and oxygen atoms in total. The first-order valence-electron chi connectivity index (χ1n) is 5.39. The third-order valence-corrected chi connectivity index (χ3v) is 2.71. The lowest BCUT2D eigenvalue weighted by Gasteiger charge is -2.14. The number of rotatable bonds is 6. The predicted molar refractivity (Wildman–Crippen MR) is 65.4 cm³/mol. The number of aryl methyl sites for hydroxylation is 2. The summed E-state index contributed by atoms with van der Waals surface area (Å²) in [6.07, 6.45) is 4.94. The highest BCUT2D eigenvalue weighted by Crippen LogP contribution is 2.11. The summed E-state index contributed by atoms with van der Waals surface area (Å²) in [4.78, 5) is 0. The molecule has 1 atom stereocenters. The third-order valence-electron chi connectivity index (χ3n) is 2.71. The van der Waals surface area contributed by atoms with Crippen molar-refractivity contribution in [1.82, 2.24) is 5.43 Å². The van der Waals surface area contributed by atoms with Gasteiger partial charge in [-0.2, -0.15) is 0 Å². The molecule has 0 radical (unpaired) electrons. The van der Waals surface area contributed by atoms with Gasteiger partial charge in [0.2, 0.25) is 0 Å². The van der Waals surface area contributed by atoms with Crippen molar-refractivity contribution in [2.24, 2.45) is 5.84 Å². The molecule has 0 fully saturated rings. The lowest BCUT2D eigenvalue weighted by atomic mass is 10.00. The number of nitrogens with two attached hydrogens (primary N) is 1. The predicted octanol–water partition coefficient (Wildman–Crippen LogP) is 2.34. The minimum atomic E-state index is 0.335. The van der Waals surface area contributed by atoms with Crippen molar-refractivity contribution < 1.29 is 0 Å². The zero-order chi connectivity index (χ0) is 11.1. The maximum atomic E-state index is 5.46. The van der Waals surface area contributed by atoms with Crippen molar-refractivity contribution in [2.75, 3.05) is 0 Å². The van der Waals surface area contributed by atoms with Crippen molar-refractivity contribution in [3.05, 3.63) is 48.0 Å². The van der Waals surface area contributed by atoms with Crippen LogP contribution in [0.1, 0.15) is 24.0 Å². The highest BCUT2D eigenvalue weighted by molar-refractivity contribution is 5.25. The van der Waals surface area contributed by atoms with Gasteiger partial charge in [-0.1, -0.05) is 30.3 Å². The van der Waals surface area contributed by atoms with E-state index < -0.39 is 0 Å². The highest BCUT2D eigenvalue weighted by Gasteiger charge is 2.05. The third kappa shape index (κ3) is 3.86. The van der Waals surface area contributed by atoms with Gasteiger partial charge in [0, 0.05) is 6.04 Å². The maximum absolute atomic E-state index is 5.46. The fraction of sp³-hybridized carbons (Fsp3) is 0.385. The molecular weight excluding hydrogens is 184 g/mol. The van der Waals surface area contributed by atoms with Crippen molar-refractivity contribution in [1.29, 1.82) is 0 Å². The summed E-state index contributed by atoms with van der Waals surface area (Å²) in [5.41, 5.74) is 5.58. The van der Waals surface area contributed by atoms with Crippen LogP contribution in [-0.2, 0) is 6.42 Å². The summed E-state index contributed by atoms with van der Waals surface area (Å²) < 4.78 is 0. The van der Waals surface area contributed by atoms with Gasteiger partial charge in [-0.05, 0) is 37.3 Å². The van der Waals surface area contributed by atoms with E-state index in [4.69, 9.17) is 5.84 Å². The van der Waals surface area contributed by atoms with Crippen LogP contribution >= 0.6 is 0 Å². The topological polar surface area (TPSA) is 38.0 Å². The summed E-state index contributed by atoms with van der Waals surface area (Å²) in [6.45, 7) is 5.87. The zero-order valence-corrected chi connectivity index (χ0v) is 9.37. The van der Waals surface area contributed by atoms with Gasteiger partial charge in [-0.3, -0.25) is 11.3 Å². The number of benzene rings is 1. The second-order valence-corrected chi connectivity index (χ2v) is 3.85. The maximum Gasteiger partial charge on any atom is 0.0248 e. The van der Waals surface area contributed by atoms with Crippen molar-refractivity contribution in [2.45, 2.75) is 32.2 Å². The van der Waals surface area contributed by atoms with Gasteiger partial charge >= 0.3 is 0 Å². The van der Waals surface area contributed by atoms with Gasteiger partial charge in [-0.25, -0.2) is 0 Å². The van der Waals surface area contributed by atoms with Crippen LogP contribution in [0.3, 0.4) is 0 Å². The molecule has 0 aliphatic carbocycles. The lowest BCUT2D eigenvalue weighted by Crippen LogP contribution is -2.35. The molecule has 0 bridgehead atoms. The van der Waals surface area contributed by atoms with Gasteiger partial charge in [-0.15, -0.1) is 6.58 Å². The molecule has 1 aromatic carbocycles. The Morgan fingerprint density at radius 2 is 2.20 bits per heavy atom. The number of hydrazine groups is 1. The molecule has 0 aliphatic heterocycles. The first-order valence-corrected chi connectivity index (χ1v) is 5.39. The van der Waals surface area contributed by atoms with Crippen molar-refractivity contribution in [3.8, 4) is 0 Å². The van der Waals surface area contributed by atoms with Gasteiger partial charge in [0.15, 0.2) is 0 Å². The summed E-state index contributed by atoms with van der Waals surface area (Å²) in [6, 6.07) is 8.81. The molecule has 0 saturated carbocycles. The molecule has 2 heteroatoms. The van der Waals surface area contributed by atoms with E-state index in [2.05, 4.69) is 43.2 Å². The molecule has 0 heterocycles. The fourth-order valence-corrected chi connectivity index (χ4v) is 1.69. The molecule has 0 aromatic heterocycles. The average Bonchev–Trinajstić information content (AvgIpc) is 2.26. The highest BCUT2D eigenvalue weighted by atomic mass is 15.2. The molecule has 1 unspecified atom stereocenters. The van der Waals surface area contributed by atoms with Crippen LogP contribution in [0.2, 0.25) is 0 Å². The molecule has 1 aromatic rings. The minimum Gasteiger partial charge on any atom is -0.271 e. The van der Waals surface area contributed by atoms with Crippen LogP contribution in [-0.4, -0.2) is 6.04 Å². The molecular formula is C13H20N2. The number of hydrogen-bond donors (Lipinski definition) is 2. The monoisotopic (exact) mass is 204 g/mol. The van der Waals surface area contributed by atoms with E-state index in [9.17, 15) is 0 Å². The van der Waals surface area contributed by atoms with Gasteiger partial charge < -0.3 is 0 Å². The standard InChI is InChI=1S/C13H20N2/c1-3-6-13(15-14)10-9-12-8-5-4-7-11(12)2/h3-5,7-8,13,15H,1,6,9-10,14H2,2H3. The van der Waals surface area contributed by atoms with Crippen LogP contribution in [0.15, 0.2) is 36.9 Å². The molecule has 1 rings (SSSR count). The van der Waals surface area contributed by atoms with Crippen LogP contribution in [0.4, 0.5) is 0 Å². The quantitative estimate of drug-likeness (QED) is 0.424. The molecule has 0 amide bonds. The molecule has 0 saturated heterocycles. The van der Waals surface area contributed by atoms with Gasteiger partial charge in [0.25, 0.3) is 0 Å². The van der Waals surface area contributed by atoms with Crippen LogP contribution < -0.4 is 11.3 Å². The zero-order valence-electron chi connectivity index (χ0n) is 9.37. The van der Waals surface area contributed by atoms with Crippen molar-refractivity contribution >= 4 is 0 Å². The Morgan fingerprint density at radius 3 is 2.80 bits per heavy atom. The molecule has 15 heavy (non-hydrogen) atoms. The van der Waals surface area contributed by atoms with E-state index in [0.717, 1.165) is 19.3 Å². The SMILES string of the molecule is C=CCC(CCc1ccccc1C)NN. The summed E-state index contributed by atoms with van der Waals surface area (Å²) in [5, 5.41) is 0. The van der Waals surface area contributed by atoms with E-state index in [0.29, 0.717) is 6.04 Å². The Kier molecular flexibility index (Phi) is 5.08. The smallest absolute Gasteiger partial charge is 0.0248 e. The number of nitrogens with one attached hydrogen (secondary N) is 1. The van der Waals surface area contributed by atoms with E-state index in [-0.39, 0.29) is 0 Å². The summed E-state index contributed by atoms with van der Waals surface area (Å²) in [7, 11) is 0. The minimum absolute atomic E-state index is 0.335. The first-order chi connectivity index (χ1) is 7.27. The Morgan fingerprint density at radius 1 is 1.47 bits per heavy atom. The van der Waals surface area contributed by atoms with Gasteiger partial charge in [0.05, 0.1) is 0 Å². The average molecular weight is 204 g/mol. The lowest BCUT2D eigenvalue weighted by molar-refractivity contribution is 0.498. The second kappa shape index (κ2) is 6.38.